The van der Waals surface area contributed by atoms with Crippen LogP contribution in [0.3, 0.4) is 0 Å². The number of anilines is 1. The first-order valence-corrected chi connectivity index (χ1v) is 6.93. The monoisotopic (exact) mass is 256 g/mol. The Morgan fingerprint density at radius 1 is 1.26 bits per heavy atom. The molecule has 3 heteroatoms. The number of aryl methyl sites for hydroxylation is 1. The number of aromatic nitrogens is 1. The minimum absolute atomic E-state index is 0.354. The molecule has 1 N–H and O–H groups in total. The number of nitrogens with one attached hydrogen (secondary N) is 1. The third-order valence-electron chi connectivity index (χ3n) is 4.23. The van der Waals surface area contributed by atoms with E-state index in [1.54, 1.807) is 6.26 Å². The highest BCUT2D eigenvalue weighted by molar-refractivity contribution is 5.52. The Hall–Kier alpha value is -1.77. The molecule has 0 fully saturated rings. The van der Waals surface area contributed by atoms with Gasteiger partial charge in [-0.3, -0.25) is 0 Å². The van der Waals surface area contributed by atoms with E-state index in [0.29, 0.717) is 11.8 Å². The van der Waals surface area contributed by atoms with Gasteiger partial charge in [0.25, 0.3) is 0 Å². The molecule has 1 aliphatic rings. The standard InChI is InChI=1S/C16H20N2O/c1-10-4-6-12-11(2)5-7-13(14(12)8-10)16-15(17-3)9-19-18-16/h4,6,8-9,11,13,17H,5,7H2,1-3H3. The van der Waals surface area contributed by atoms with Crippen molar-refractivity contribution in [1.82, 2.24) is 5.16 Å². The van der Waals surface area contributed by atoms with Crippen LogP contribution >= 0.6 is 0 Å². The van der Waals surface area contributed by atoms with Gasteiger partial charge in [-0.25, -0.2) is 0 Å². The number of hydrogen-bond donors (Lipinski definition) is 1. The van der Waals surface area contributed by atoms with Gasteiger partial charge in [0, 0.05) is 13.0 Å². The molecule has 2 atom stereocenters. The Balaban J connectivity index is 2.10. The van der Waals surface area contributed by atoms with E-state index >= 15 is 0 Å². The number of fused-ring (bicyclic) bond motifs is 1. The lowest BCUT2D eigenvalue weighted by Gasteiger charge is -2.29. The van der Waals surface area contributed by atoms with Crippen molar-refractivity contribution in [2.75, 3.05) is 12.4 Å². The zero-order chi connectivity index (χ0) is 13.4. The van der Waals surface area contributed by atoms with Gasteiger partial charge in [0.2, 0.25) is 0 Å². The van der Waals surface area contributed by atoms with Crippen LogP contribution in [0.15, 0.2) is 29.0 Å². The molecule has 3 nitrogen and oxygen atoms in total. The second-order valence-corrected chi connectivity index (χ2v) is 5.53. The van der Waals surface area contributed by atoms with Gasteiger partial charge in [-0.1, -0.05) is 35.8 Å². The Labute approximate surface area is 114 Å². The Bertz CT molecular complexity index is 588. The molecule has 1 heterocycles. The van der Waals surface area contributed by atoms with E-state index in [4.69, 9.17) is 4.52 Å². The molecular formula is C16H20N2O. The van der Waals surface area contributed by atoms with Crippen molar-refractivity contribution in [2.24, 2.45) is 0 Å². The number of nitrogens with zero attached hydrogens (tertiary/aromatic N) is 1. The molecule has 2 aromatic rings. The molecule has 1 aliphatic carbocycles. The van der Waals surface area contributed by atoms with Crippen LogP contribution in [0.2, 0.25) is 0 Å². The molecule has 1 aromatic carbocycles. The summed E-state index contributed by atoms with van der Waals surface area (Å²) in [6, 6.07) is 6.80. The highest BCUT2D eigenvalue weighted by Gasteiger charge is 2.29. The smallest absolute Gasteiger partial charge is 0.147 e. The molecule has 2 unspecified atom stereocenters. The third kappa shape index (κ3) is 2.03. The Kier molecular flexibility index (Phi) is 3.05. The molecule has 0 spiro atoms. The first-order chi connectivity index (χ1) is 9.20. The summed E-state index contributed by atoms with van der Waals surface area (Å²) >= 11 is 0. The molecular weight excluding hydrogens is 236 g/mol. The maximum absolute atomic E-state index is 5.15. The van der Waals surface area contributed by atoms with Crippen LogP contribution in [0, 0.1) is 6.92 Å². The van der Waals surface area contributed by atoms with Gasteiger partial charge >= 0.3 is 0 Å². The summed E-state index contributed by atoms with van der Waals surface area (Å²) in [6.45, 7) is 4.46. The Morgan fingerprint density at radius 2 is 2.11 bits per heavy atom. The average molecular weight is 256 g/mol. The summed E-state index contributed by atoms with van der Waals surface area (Å²) in [5.74, 6) is 0.990. The lowest BCUT2D eigenvalue weighted by atomic mass is 9.75. The van der Waals surface area contributed by atoms with E-state index in [0.717, 1.165) is 17.8 Å². The molecule has 3 rings (SSSR count). The summed E-state index contributed by atoms with van der Waals surface area (Å²) in [5.41, 5.74) is 6.25. The van der Waals surface area contributed by atoms with Crippen LogP contribution < -0.4 is 5.32 Å². The van der Waals surface area contributed by atoms with Crippen molar-refractivity contribution >= 4 is 5.69 Å². The molecule has 0 saturated heterocycles. The maximum Gasteiger partial charge on any atom is 0.147 e. The normalized spacial score (nSPS) is 22.1. The molecule has 0 bridgehead atoms. The lowest BCUT2D eigenvalue weighted by Crippen LogP contribution is -2.15. The van der Waals surface area contributed by atoms with Crippen molar-refractivity contribution in [3.63, 3.8) is 0 Å². The van der Waals surface area contributed by atoms with E-state index in [1.807, 2.05) is 7.05 Å². The van der Waals surface area contributed by atoms with Crippen LogP contribution in [0.25, 0.3) is 0 Å². The third-order valence-corrected chi connectivity index (χ3v) is 4.23. The topological polar surface area (TPSA) is 38.1 Å². The summed E-state index contributed by atoms with van der Waals surface area (Å²) in [4.78, 5) is 0. The summed E-state index contributed by atoms with van der Waals surface area (Å²) < 4.78 is 5.15. The molecule has 19 heavy (non-hydrogen) atoms. The highest BCUT2D eigenvalue weighted by atomic mass is 16.5. The van der Waals surface area contributed by atoms with Gasteiger partial charge in [-0.2, -0.15) is 0 Å². The quantitative estimate of drug-likeness (QED) is 0.880. The van der Waals surface area contributed by atoms with Gasteiger partial charge < -0.3 is 9.84 Å². The van der Waals surface area contributed by atoms with Gasteiger partial charge in [-0.15, -0.1) is 0 Å². The summed E-state index contributed by atoms with van der Waals surface area (Å²) in [7, 11) is 1.92. The second-order valence-electron chi connectivity index (χ2n) is 5.53. The predicted molar refractivity (Wildman–Crippen MR) is 76.7 cm³/mol. The van der Waals surface area contributed by atoms with Crippen LogP contribution in [-0.2, 0) is 0 Å². The number of hydrogen-bond acceptors (Lipinski definition) is 3. The van der Waals surface area contributed by atoms with Gasteiger partial charge in [0.15, 0.2) is 0 Å². The van der Waals surface area contributed by atoms with Crippen molar-refractivity contribution in [3.05, 3.63) is 46.8 Å². The van der Waals surface area contributed by atoms with E-state index in [1.165, 1.54) is 23.1 Å². The number of rotatable bonds is 2. The second kappa shape index (κ2) is 4.72. The summed E-state index contributed by atoms with van der Waals surface area (Å²) in [6.07, 6.45) is 4.04. The molecule has 0 saturated carbocycles. The average Bonchev–Trinajstić information content (AvgIpc) is 2.87. The maximum atomic E-state index is 5.15. The minimum Gasteiger partial charge on any atom is -0.384 e. The van der Waals surface area contributed by atoms with Gasteiger partial charge in [-0.05, 0) is 36.8 Å². The zero-order valence-electron chi connectivity index (χ0n) is 11.7. The Morgan fingerprint density at radius 3 is 2.89 bits per heavy atom. The first kappa shape index (κ1) is 12.3. The van der Waals surface area contributed by atoms with Crippen LogP contribution in [0.4, 0.5) is 5.69 Å². The zero-order valence-corrected chi connectivity index (χ0v) is 11.7. The van der Waals surface area contributed by atoms with Crippen LogP contribution in [0.5, 0.6) is 0 Å². The van der Waals surface area contributed by atoms with Gasteiger partial charge in [0.1, 0.15) is 12.0 Å². The fourth-order valence-electron chi connectivity index (χ4n) is 3.14. The summed E-state index contributed by atoms with van der Waals surface area (Å²) in [5, 5.41) is 7.40. The predicted octanol–water partition coefficient (Wildman–Crippen LogP) is 4.05. The van der Waals surface area contributed by atoms with Crippen LogP contribution in [-0.4, -0.2) is 12.2 Å². The SMILES string of the molecule is CNc1conc1C1CCC(C)c2ccc(C)cc21. The van der Waals surface area contributed by atoms with Crippen molar-refractivity contribution in [1.29, 1.82) is 0 Å². The molecule has 100 valence electrons. The van der Waals surface area contributed by atoms with E-state index < -0.39 is 0 Å². The van der Waals surface area contributed by atoms with Crippen molar-refractivity contribution in [3.8, 4) is 0 Å². The van der Waals surface area contributed by atoms with Crippen LogP contribution in [0.1, 0.15) is 54.0 Å². The van der Waals surface area contributed by atoms with E-state index in [2.05, 4.69) is 42.5 Å². The fourth-order valence-corrected chi connectivity index (χ4v) is 3.14. The van der Waals surface area contributed by atoms with Gasteiger partial charge in [0.05, 0.1) is 5.69 Å². The molecule has 0 aliphatic heterocycles. The largest absolute Gasteiger partial charge is 0.384 e. The molecule has 0 radical (unpaired) electrons. The number of benzene rings is 1. The van der Waals surface area contributed by atoms with E-state index in [-0.39, 0.29) is 0 Å². The molecule has 1 aromatic heterocycles. The van der Waals surface area contributed by atoms with Crippen molar-refractivity contribution in [2.45, 2.75) is 38.5 Å². The first-order valence-electron chi connectivity index (χ1n) is 6.93. The minimum atomic E-state index is 0.354. The van der Waals surface area contributed by atoms with Crippen molar-refractivity contribution < 1.29 is 4.52 Å². The fraction of sp³-hybridized carbons (Fsp3) is 0.438. The van der Waals surface area contributed by atoms with E-state index in [9.17, 15) is 0 Å². The molecule has 0 amide bonds. The highest BCUT2D eigenvalue weighted by Crippen LogP contribution is 2.43. The lowest BCUT2D eigenvalue weighted by molar-refractivity contribution is 0.402.